The van der Waals surface area contributed by atoms with Gasteiger partial charge in [-0.15, -0.1) is 0 Å². The second-order valence-corrected chi connectivity index (χ2v) is 12.6. The van der Waals surface area contributed by atoms with Gasteiger partial charge in [-0.1, -0.05) is 31.8 Å². The molecule has 0 N–H and O–H groups in total. The third-order valence-corrected chi connectivity index (χ3v) is 9.20. The normalized spacial score (nSPS) is 11.6. The lowest BCUT2D eigenvalue weighted by Crippen LogP contribution is -2.41. The summed E-state index contributed by atoms with van der Waals surface area (Å²) < 4.78 is 16.8. The Hall–Kier alpha value is -2.36. The fourth-order valence-electron chi connectivity index (χ4n) is 1.96. The van der Waals surface area contributed by atoms with Crippen LogP contribution in [0.15, 0.2) is 34.9 Å². The van der Waals surface area contributed by atoms with Crippen molar-refractivity contribution in [3.8, 4) is 17.6 Å². The maximum absolute atomic E-state index is 10.6. The lowest BCUT2D eigenvalue weighted by molar-refractivity contribution is 0.111. The lowest BCUT2D eigenvalue weighted by Gasteiger charge is -2.36. The van der Waals surface area contributed by atoms with Gasteiger partial charge in [-0.2, -0.15) is 0 Å². The fourth-order valence-corrected chi connectivity index (χ4v) is 3.05. The van der Waals surface area contributed by atoms with Crippen LogP contribution in [0.1, 0.15) is 49.0 Å². The molecule has 0 aliphatic carbocycles. The second-order valence-electron chi connectivity index (χ2n) is 7.82. The molecule has 0 aliphatic rings. The average molecular weight is 386 g/mol. The van der Waals surface area contributed by atoms with Crippen LogP contribution in [-0.2, 0) is 4.43 Å². The predicted octanol–water partition coefficient (Wildman–Crippen LogP) is 4.68. The van der Waals surface area contributed by atoms with Gasteiger partial charge in [0.25, 0.3) is 0 Å². The van der Waals surface area contributed by atoms with Gasteiger partial charge in [0.1, 0.15) is 11.4 Å². The van der Waals surface area contributed by atoms with E-state index in [2.05, 4.69) is 50.9 Å². The largest absolute Gasteiger partial charge is 0.494 e. The highest BCUT2D eigenvalue weighted by molar-refractivity contribution is 6.74. The minimum Gasteiger partial charge on any atom is -0.494 e. The van der Waals surface area contributed by atoms with Crippen LogP contribution in [0.4, 0.5) is 0 Å². The standard InChI is InChI=1S/C21H27NO4Si/c1-21(2,3)27(4,5)25-14-6-13-24-19-10-7-17(8-11-19)9-12-20-15-18(16-23)22-26-20/h7-8,10-11,15-16H,6,13-14H2,1-5H3. The molecule has 2 rings (SSSR count). The molecule has 0 unspecified atom stereocenters. The molecule has 0 saturated carbocycles. The van der Waals surface area contributed by atoms with Crippen LogP contribution in [0, 0.1) is 11.8 Å². The highest BCUT2D eigenvalue weighted by atomic mass is 28.4. The molecule has 0 saturated heterocycles. The molecule has 1 aromatic carbocycles. The van der Waals surface area contributed by atoms with Crippen molar-refractivity contribution < 1.29 is 18.5 Å². The molecule has 0 fully saturated rings. The van der Waals surface area contributed by atoms with Crippen molar-refractivity contribution in [3.05, 3.63) is 47.3 Å². The number of carbonyl (C=O) groups is 1. The summed E-state index contributed by atoms with van der Waals surface area (Å²) in [5.74, 6) is 6.95. The Morgan fingerprint density at radius 3 is 2.44 bits per heavy atom. The van der Waals surface area contributed by atoms with E-state index in [0.717, 1.165) is 24.3 Å². The minimum atomic E-state index is -1.68. The zero-order valence-electron chi connectivity index (χ0n) is 16.7. The van der Waals surface area contributed by atoms with Crippen molar-refractivity contribution in [1.82, 2.24) is 5.16 Å². The Morgan fingerprint density at radius 2 is 1.85 bits per heavy atom. The Balaban J connectivity index is 1.77. The van der Waals surface area contributed by atoms with E-state index in [1.54, 1.807) is 0 Å². The molecule has 144 valence electrons. The number of hydrogen-bond acceptors (Lipinski definition) is 5. The molecule has 27 heavy (non-hydrogen) atoms. The molecule has 0 radical (unpaired) electrons. The lowest BCUT2D eigenvalue weighted by atomic mass is 10.2. The fraction of sp³-hybridized carbons (Fsp3) is 0.429. The first-order chi connectivity index (χ1) is 12.7. The zero-order chi connectivity index (χ0) is 19.9. The maximum Gasteiger partial charge on any atom is 0.210 e. The monoisotopic (exact) mass is 385 g/mol. The van der Waals surface area contributed by atoms with E-state index >= 15 is 0 Å². The van der Waals surface area contributed by atoms with Crippen LogP contribution in [0.3, 0.4) is 0 Å². The van der Waals surface area contributed by atoms with Gasteiger partial charge in [-0.3, -0.25) is 4.79 Å². The van der Waals surface area contributed by atoms with Crippen molar-refractivity contribution in [2.75, 3.05) is 13.2 Å². The quantitative estimate of drug-likeness (QED) is 0.300. The van der Waals surface area contributed by atoms with E-state index in [0.29, 0.717) is 18.7 Å². The number of carbonyl (C=O) groups excluding carboxylic acids is 1. The molecule has 0 bridgehead atoms. The molecule has 1 aromatic heterocycles. The van der Waals surface area contributed by atoms with Crippen molar-refractivity contribution in [2.24, 2.45) is 0 Å². The number of nitrogens with zero attached hydrogens (tertiary/aromatic N) is 1. The van der Waals surface area contributed by atoms with Crippen LogP contribution in [0.25, 0.3) is 0 Å². The molecule has 2 aromatic rings. The van der Waals surface area contributed by atoms with Crippen molar-refractivity contribution in [2.45, 2.75) is 45.3 Å². The summed E-state index contributed by atoms with van der Waals surface area (Å²) >= 11 is 0. The number of ether oxygens (including phenoxy) is 1. The summed E-state index contributed by atoms with van der Waals surface area (Å²) in [4.78, 5) is 10.6. The van der Waals surface area contributed by atoms with Gasteiger partial charge in [-0.05, 0) is 48.3 Å². The minimum absolute atomic E-state index is 0.227. The first-order valence-corrected chi connectivity index (χ1v) is 11.9. The highest BCUT2D eigenvalue weighted by Crippen LogP contribution is 2.36. The van der Waals surface area contributed by atoms with E-state index in [-0.39, 0.29) is 10.7 Å². The van der Waals surface area contributed by atoms with Gasteiger partial charge in [0, 0.05) is 24.7 Å². The van der Waals surface area contributed by atoms with Gasteiger partial charge in [0.2, 0.25) is 5.76 Å². The number of hydrogen-bond donors (Lipinski definition) is 0. The van der Waals surface area contributed by atoms with E-state index in [4.69, 9.17) is 13.7 Å². The van der Waals surface area contributed by atoms with Gasteiger partial charge in [0.15, 0.2) is 14.6 Å². The maximum atomic E-state index is 10.6. The van der Waals surface area contributed by atoms with Gasteiger partial charge < -0.3 is 13.7 Å². The Bertz CT molecular complexity index is 807. The SMILES string of the molecule is CC(C)(C)[Si](C)(C)OCCCOc1ccc(C#Cc2cc(C=O)no2)cc1. The first kappa shape index (κ1) is 20.9. The van der Waals surface area contributed by atoms with Crippen LogP contribution in [0.2, 0.25) is 18.1 Å². The van der Waals surface area contributed by atoms with E-state index in [1.165, 1.54) is 6.07 Å². The average Bonchev–Trinajstić information content (AvgIpc) is 3.08. The second kappa shape index (κ2) is 9.02. The summed E-state index contributed by atoms with van der Waals surface area (Å²) in [6, 6.07) is 9.03. The molecule has 0 spiro atoms. The molecule has 1 heterocycles. The smallest absolute Gasteiger partial charge is 0.210 e. The highest BCUT2D eigenvalue weighted by Gasteiger charge is 2.36. The summed E-state index contributed by atoms with van der Waals surface area (Å²) in [5, 5.41) is 3.79. The molecule has 5 nitrogen and oxygen atoms in total. The summed E-state index contributed by atoms with van der Waals surface area (Å²) in [5.41, 5.74) is 1.06. The summed E-state index contributed by atoms with van der Waals surface area (Å²) in [6.45, 7) is 12.6. The predicted molar refractivity (Wildman–Crippen MR) is 108 cm³/mol. The third-order valence-electron chi connectivity index (χ3n) is 4.66. The zero-order valence-corrected chi connectivity index (χ0v) is 17.7. The number of benzene rings is 1. The Morgan fingerprint density at radius 1 is 1.15 bits per heavy atom. The van der Waals surface area contributed by atoms with E-state index in [9.17, 15) is 4.79 Å². The first-order valence-electron chi connectivity index (χ1n) is 9.02. The summed E-state index contributed by atoms with van der Waals surface area (Å²) in [6.07, 6.45) is 1.48. The van der Waals surface area contributed by atoms with Gasteiger partial charge in [0.05, 0.1) is 6.61 Å². The van der Waals surface area contributed by atoms with Crippen molar-refractivity contribution in [1.29, 1.82) is 0 Å². The number of rotatable bonds is 7. The third kappa shape index (κ3) is 6.38. The molecule has 0 atom stereocenters. The molecule has 6 heteroatoms. The van der Waals surface area contributed by atoms with Gasteiger partial charge in [-0.25, -0.2) is 0 Å². The van der Waals surface area contributed by atoms with Crippen molar-refractivity contribution >= 4 is 14.6 Å². The molecule has 0 amide bonds. The summed E-state index contributed by atoms with van der Waals surface area (Å²) in [7, 11) is -1.68. The van der Waals surface area contributed by atoms with Crippen LogP contribution in [0.5, 0.6) is 5.75 Å². The topological polar surface area (TPSA) is 61.6 Å². The number of aromatic nitrogens is 1. The van der Waals surface area contributed by atoms with E-state index in [1.807, 2.05) is 24.3 Å². The van der Waals surface area contributed by atoms with Crippen molar-refractivity contribution in [3.63, 3.8) is 0 Å². The Kier molecular flexibility index (Phi) is 7.00. The molecular formula is C21H27NO4Si. The van der Waals surface area contributed by atoms with E-state index < -0.39 is 8.32 Å². The van der Waals surface area contributed by atoms with Crippen LogP contribution < -0.4 is 4.74 Å². The molecular weight excluding hydrogens is 358 g/mol. The van der Waals surface area contributed by atoms with Crippen LogP contribution in [-0.4, -0.2) is 33.0 Å². The molecule has 0 aliphatic heterocycles. The van der Waals surface area contributed by atoms with Gasteiger partial charge >= 0.3 is 0 Å². The Labute approximate surface area is 162 Å². The number of aldehydes is 1. The van der Waals surface area contributed by atoms with Crippen LogP contribution >= 0.6 is 0 Å².